The number of rotatable bonds is 6. The van der Waals surface area contributed by atoms with Crippen LogP contribution in [0.1, 0.15) is 58.4 Å². The molecule has 0 radical (unpaired) electrons. The number of amides is 1. The van der Waals surface area contributed by atoms with Crippen LogP contribution >= 0.6 is 23.1 Å². The van der Waals surface area contributed by atoms with Crippen LogP contribution in [-0.4, -0.2) is 38.8 Å². The molecular weight excluding hydrogens is 376 g/mol. The van der Waals surface area contributed by atoms with Crippen molar-refractivity contribution >= 4 is 39.8 Å². The first-order valence-corrected chi connectivity index (χ1v) is 11.4. The van der Waals surface area contributed by atoms with Gasteiger partial charge in [0, 0.05) is 17.8 Å². The van der Waals surface area contributed by atoms with Gasteiger partial charge in [-0.2, -0.15) is 0 Å². The third-order valence-electron chi connectivity index (χ3n) is 5.04. The molecule has 5 nitrogen and oxygen atoms in total. The van der Waals surface area contributed by atoms with Crippen molar-refractivity contribution < 1.29 is 4.79 Å². The van der Waals surface area contributed by atoms with E-state index in [-0.39, 0.29) is 5.91 Å². The number of aromatic nitrogens is 2. The molecule has 1 fully saturated rings. The lowest BCUT2D eigenvalue weighted by Gasteiger charge is -2.39. The highest BCUT2D eigenvalue weighted by Gasteiger charge is 2.28. The predicted octanol–water partition coefficient (Wildman–Crippen LogP) is 5.29. The Kier molecular flexibility index (Phi) is 6.76. The number of thioether (sulfide) groups is 1. The van der Waals surface area contributed by atoms with Gasteiger partial charge < -0.3 is 10.2 Å². The van der Waals surface area contributed by atoms with Crippen LogP contribution in [0.2, 0.25) is 0 Å². The van der Waals surface area contributed by atoms with E-state index in [9.17, 15) is 4.79 Å². The molecule has 1 saturated heterocycles. The third-order valence-corrected chi connectivity index (χ3v) is 6.99. The van der Waals surface area contributed by atoms with Crippen LogP contribution in [0.25, 0.3) is 0 Å². The van der Waals surface area contributed by atoms with Gasteiger partial charge in [-0.15, -0.1) is 10.2 Å². The van der Waals surface area contributed by atoms with Crippen LogP contribution in [0, 0.1) is 0 Å². The van der Waals surface area contributed by atoms with E-state index < -0.39 is 0 Å². The predicted molar refractivity (Wildman–Crippen MR) is 114 cm³/mol. The molecule has 2 aromatic rings. The minimum atomic E-state index is 0.202. The summed E-state index contributed by atoms with van der Waals surface area (Å²) in [6.45, 7) is 8.66. The second-order valence-corrected chi connectivity index (χ2v) is 9.69. The number of likely N-dealkylation sites (tertiary alicyclic amines) is 1. The van der Waals surface area contributed by atoms with Gasteiger partial charge in [-0.3, -0.25) is 4.79 Å². The van der Waals surface area contributed by atoms with E-state index in [0.29, 0.717) is 23.8 Å². The van der Waals surface area contributed by atoms with Crippen LogP contribution in [0.4, 0.5) is 10.8 Å². The molecule has 1 aliphatic heterocycles. The van der Waals surface area contributed by atoms with E-state index in [0.717, 1.165) is 28.0 Å². The molecule has 2 atom stereocenters. The summed E-state index contributed by atoms with van der Waals surface area (Å²) in [5, 5.41) is 12.5. The van der Waals surface area contributed by atoms with Crippen LogP contribution < -0.4 is 5.32 Å². The Bertz CT molecular complexity index is 750. The average Bonchev–Trinajstić information content (AvgIpc) is 3.07. The molecule has 0 spiro atoms. The summed E-state index contributed by atoms with van der Waals surface area (Å²) in [4.78, 5) is 14.7. The van der Waals surface area contributed by atoms with Crippen molar-refractivity contribution in [2.45, 2.75) is 69.3 Å². The van der Waals surface area contributed by atoms with Gasteiger partial charge in [0.15, 0.2) is 4.34 Å². The molecule has 0 aliphatic carbocycles. The molecule has 1 aromatic carbocycles. The van der Waals surface area contributed by atoms with Gasteiger partial charge in [0.1, 0.15) is 0 Å². The van der Waals surface area contributed by atoms with Crippen molar-refractivity contribution in [1.29, 1.82) is 0 Å². The summed E-state index contributed by atoms with van der Waals surface area (Å²) in [7, 11) is 0. The SMILES string of the molecule is CC(C)c1ccc(Nc2nnc(SCC(=O)N3[C@H](C)CCC[C@H]3C)s2)cc1. The topological polar surface area (TPSA) is 58.1 Å². The van der Waals surface area contributed by atoms with E-state index in [2.05, 4.69) is 67.5 Å². The van der Waals surface area contributed by atoms with E-state index in [1.54, 1.807) is 0 Å². The zero-order chi connectivity index (χ0) is 19.4. The molecule has 3 rings (SSSR count). The maximum Gasteiger partial charge on any atom is 0.233 e. The molecule has 1 aromatic heterocycles. The number of benzene rings is 1. The largest absolute Gasteiger partial charge is 0.337 e. The Balaban J connectivity index is 1.54. The molecule has 1 aliphatic rings. The Labute approximate surface area is 170 Å². The van der Waals surface area contributed by atoms with Crippen LogP contribution in [0.5, 0.6) is 0 Å². The Morgan fingerprint density at radius 3 is 2.52 bits per heavy atom. The van der Waals surface area contributed by atoms with Crippen LogP contribution in [0.3, 0.4) is 0 Å². The van der Waals surface area contributed by atoms with Gasteiger partial charge in [0.2, 0.25) is 11.0 Å². The molecule has 146 valence electrons. The zero-order valence-electron chi connectivity index (χ0n) is 16.4. The fraction of sp³-hybridized carbons (Fsp3) is 0.550. The smallest absolute Gasteiger partial charge is 0.233 e. The normalized spacial score (nSPS) is 20.1. The number of nitrogens with zero attached hydrogens (tertiary/aromatic N) is 3. The summed E-state index contributed by atoms with van der Waals surface area (Å²) in [6, 6.07) is 9.05. The highest BCUT2D eigenvalue weighted by Crippen LogP contribution is 2.30. The second-order valence-electron chi connectivity index (χ2n) is 7.49. The van der Waals surface area contributed by atoms with Crippen molar-refractivity contribution in [3.63, 3.8) is 0 Å². The number of anilines is 2. The second kappa shape index (κ2) is 9.06. The zero-order valence-corrected chi connectivity index (χ0v) is 18.1. The summed E-state index contributed by atoms with van der Waals surface area (Å²) in [6.07, 6.45) is 3.41. The first-order valence-electron chi connectivity index (χ1n) is 9.58. The van der Waals surface area contributed by atoms with E-state index >= 15 is 0 Å². The first kappa shape index (κ1) is 20.1. The monoisotopic (exact) mass is 404 g/mol. The number of hydrogen-bond acceptors (Lipinski definition) is 6. The molecule has 0 bridgehead atoms. The minimum absolute atomic E-state index is 0.202. The van der Waals surface area contributed by atoms with E-state index in [1.165, 1.54) is 35.1 Å². The van der Waals surface area contributed by atoms with Crippen LogP contribution in [-0.2, 0) is 4.79 Å². The summed E-state index contributed by atoms with van der Waals surface area (Å²) < 4.78 is 0.821. The lowest BCUT2D eigenvalue weighted by molar-refractivity contribution is -0.134. The molecule has 0 saturated carbocycles. The van der Waals surface area contributed by atoms with Gasteiger partial charge in [0.25, 0.3) is 0 Å². The molecule has 7 heteroatoms. The van der Waals surface area contributed by atoms with Crippen molar-refractivity contribution in [3.05, 3.63) is 29.8 Å². The standard InChI is InChI=1S/C20H28N4OS2/c1-13(2)16-8-10-17(11-9-16)21-19-22-23-20(27-19)26-12-18(25)24-14(3)6-5-7-15(24)4/h8-11,13-15H,5-7,12H2,1-4H3,(H,21,22)/t14-,15-/m1/s1. The van der Waals surface area contributed by atoms with Crippen molar-refractivity contribution in [3.8, 4) is 0 Å². The molecule has 0 unspecified atom stereocenters. The van der Waals surface area contributed by atoms with Crippen molar-refractivity contribution in [1.82, 2.24) is 15.1 Å². The maximum absolute atomic E-state index is 12.6. The Hall–Kier alpha value is -1.60. The fourth-order valence-electron chi connectivity index (χ4n) is 3.50. The summed E-state index contributed by atoms with van der Waals surface area (Å²) >= 11 is 2.97. The highest BCUT2D eigenvalue weighted by atomic mass is 32.2. The molecule has 1 N–H and O–H groups in total. The number of carbonyl (C=O) groups is 1. The van der Waals surface area contributed by atoms with E-state index in [4.69, 9.17) is 0 Å². The fourth-order valence-corrected chi connectivity index (χ4v) is 5.15. The molecule has 27 heavy (non-hydrogen) atoms. The summed E-state index contributed by atoms with van der Waals surface area (Å²) in [5.41, 5.74) is 2.31. The van der Waals surface area contributed by atoms with Gasteiger partial charge in [0.05, 0.1) is 5.75 Å². The first-order chi connectivity index (χ1) is 12.9. The van der Waals surface area contributed by atoms with Gasteiger partial charge >= 0.3 is 0 Å². The quantitative estimate of drug-likeness (QED) is 0.663. The third kappa shape index (κ3) is 5.23. The van der Waals surface area contributed by atoms with Gasteiger partial charge in [-0.25, -0.2) is 0 Å². The van der Waals surface area contributed by atoms with Gasteiger partial charge in [-0.1, -0.05) is 49.1 Å². The Morgan fingerprint density at radius 2 is 1.89 bits per heavy atom. The number of hydrogen-bond donors (Lipinski definition) is 1. The van der Waals surface area contributed by atoms with E-state index in [1.807, 2.05) is 4.90 Å². The van der Waals surface area contributed by atoms with Gasteiger partial charge in [-0.05, 0) is 56.7 Å². The minimum Gasteiger partial charge on any atom is -0.337 e. The lowest BCUT2D eigenvalue weighted by Crippen LogP contribution is -2.48. The lowest BCUT2D eigenvalue weighted by atomic mass is 9.98. The highest BCUT2D eigenvalue weighted by molar-refractivity contribution is 8.01. The molecule has 2 heterocycles. The van der Waals surface area contributed by atoms with Crippen molar-refractivity contribution in [2.24, 2.45) is 0 Å². The maximum atomic E-state index is 12.6. The number of carbonyl (C=O) groups excluding carboxylic acids is 1. The van der Waals surface area contributed by atoms with Crippen molar-refractivity contribution in [2.75, 3.05) is 11.1 Å². The summed E-state index contributed by atoms with van der Waals surface area (Å²) in [5.74, 6) is 1.15. The number of nitrogens with one attached hydrogen (secondary N) is 1. The molecular formula is C20H28N4OS2. The number of piperidine rings is 1. The molecule has 1 amide bonds. The average molecular weight is 405 g/mol. The van der Waals surface area contributed by atoms with Crippen LogP contribution in [0.15, 0.2) is 28.6 Å². The Morgan fingerprint density at radius 1 is 1.22 bits per heavy atom.